The number of hydrogen-bond acceptors (Lipinski definition) is 6. The topological polar surface area (TPSA) is 63.1 Å². The summed E-state index contributed by atoms with van der Waals surface area (Å²) in [6.45, 7) is 9.26. The van der Waals surface area contributed by atoms with E-state index >= 15 is 0 Å². The van der Waals surface area contributed by atoms with Crippen molar-refractivity contribution >= 4 is 35.1 Å². The van der Waals surface area contributed by atoms with Gasteiger partial charge in [-0.1, -0.05) is 36.0 Å². The van der Waals surface area contributed by atoms with Crippen molar-refractivity contribution < 1.29 is 4.79 Å². The Morgan fingerprint density at radius 1 is 1.09 bits per heavy atom. The predicted octanol–water partition coefficient (Wildman–Crippen LogP) is 4.47. The van der Waals surface area contributed by atoms with Crippen LogP contribution in [-0.4, -0.2) is 55.9 Å². The molecule has 0 bridgehead atoms. The van der Waals surface area contributed by atoms with E-state index in [1.165, 1.54) is 34.4 Å². The van der Waals surface area contributed by atoms with Crippen LogP contribution in [0.2, 0.25) is 0 Å². The van der Waals surface area contributed by atoms with Gasteiger partial charge in [0.25, 0.3) is 0 Å². The normalized spacial score (nSPS) is 14.5. The van der Waals surface area contributed by atoms with Gasteiger partial charge in [-0.2, -0.15) is 11.8 Å². The van der Waals surface area contributed by atoms with Crippen LogP contribution in [0, 0.1) is 20.8 Å². The number of hydrogen-bond donors (Lipinski definition) is 1. The molecule has 168 valence electrons. The van der Waals surface area contributed by atoms with Crippen molar-refractivity contribution in [3.05, 3.63) is 65.0 Å². The summed E-state index contributed by atoms with van der Waals surface area (Å²) in [5, 5.41) is 12.3. The molecule has 1 amide bonds. The number of benzene rings is 2. The quantitative estimate of drug-likeness (QED) is 0.517. The lowest BCUT2D eigenvalue weighted by molar-refractivity contribution is -0.113. The van der Waals surface area contributed by atoms with Crippen molar-refractivity contribution in [1.29, 1.82) is 0 Å². The molecule has 1 N–H and O–H groups in total. The number of carbonyl (C=O) groups is 1. The van der Waals surface area contributed by atoms with E-state index in [9.17, 15) is 4.79 Å². The summed E-state index contributed by atoms with van der Waals surface area (Å²) in [6.07, 6.45) is 0. The molecule has 6 nitrogen and oxygen atoms in total. The Hall–Kier alpha value is -2.29. The summed E-state index contributed by atoms with van der Waals surface area (Å²) < 4.78 is 2.03. The van der Waals surface area contributed by atoms with Gasteiger partial charge in [0.05, 0.1) is 11.4 Å². The fraction of sp³-hybridized carbons (Fsp3) is 0.375. The third-order valence-corrected chi connectivity index (χ3v) is 7.33. The van der Waals surface area contributed by atoms with E-state index in [-0.39, 0.29) is 11.7 Å². The second-order valence-corrected chi connectivity index (χ2v) is 10.2. The molecule has 1 fully saturated rings. The highest BCUT2D eigenvalue weighted by molar-refractivity contribution is 7.99. The maximum atomic E-state index is 12.7. The van der Waals surface area contributed by atoms with E-state index < -0.39 is 0 Å². The third-order valence-electron chi connectivity index (χ3n) is 5.45. The summed E-state index contributed by atoms with van der Waals surface area (Å²) >= 11 is 3.42. The van der Waals surface area contributed by atoms with Gasteiger partial charge in [-0.3, -0.25) is 14.3 Å². The number of carbonyl (C=O) groups excluding carboxylic acids is 1. The zero-order valence-electron chi connectivity index (χ0n) is 18.8. The molecule has 32 heavy (non-hydrogen) atoms. The Morgan fingerprint density at radius 3 is 2.72 bits per heavy atom. The first-order chi connectivity index (χ1) is 15.5. The molecule has 1 aromatic heterocycles. The summed E-state index contributed by atoms with van der Waals surface area (Å²) in [7, 11) is 0. The summed E-state index contributed by atoms with van der Waals surface area (Å²) in [5.41, 5.74) is 5.45. The van der Waals surface area contributed by atoms with E-state index in [2.05, 4.69) is 64.6 Å². The number of nitrogens with zero attached hydrogens (tertiary/aromatic N) is 4. The van der Waals surface area contributed by atoms with Gasteiger partial charge in [0.1, 0.15) is 5.82 Å². The van der Waals surface area contributed by atoms with Crippen LogP contribution >= 0.6 is 23.5 Å². The molecule has 0 spiro atoms. The van der Waals surface area contributed by atoms with Crippen LogP contribution < -0.4 is 5.32 Å². The van der Waals surface area contributed by atoms with Crippen molar-refractivity contribution in [3.63, 3.8) is 0 Å². The predicted molar refractivity (Wildman–Crippen MR) is 134 cm³/mol. The number of rotatable bonds is 7. The van der Waals surface area contributed by atoms with Crippen molar-refractivity contribution in [2.45, 2.75) is 32.5 Å². The monoisotopic (exact) mass is 467 g/mol. The van der Waals surface area contributed by atoms with Crippen LogP contribution in [0.5, 0.6) is 0 Å². The Labute approximate surface area is 198 Å². The third kappa shape index (κ3) is 5.74. The second kappa shape index (κ2) is 10.6. The molecule has 2 aromatic carbocycles. The van der Waals surface area contributed by atoms with Crippen LogP contribution in [-0.2, 0) is 11.3 Å². The standard InChI is InChI=1S/C24H29N5OS2/c1-17-7-8-18(2)22(13-17)29-19(3)26-27-24(29)32-16-23(30)25-21-6-4-5-20(14-21)15-28-9-11-31-12-10-28/h4-8,13-14H,9-12,15-16H2,1-3H3,(H,25,30). The number of nitrogens with one attached hydrogen (secondary N) is 1. The first-order valence-electron chi connectivity index (χ1n) is 10.8. The first-order valence-corrected chi connectivity index (χ1v) is 12.9. The molecular formula is C24H29N5OS2. The van der Waals surface area contributed by atoms with Gasteiger partial charge < -0.3 is 5.32 Å². The van der Waals surface area contributed by atoms with Crippen LogP contribution in [0.25, 0.3) is 5.69 Å². The molecule has 1 saturated heterocycles. The van der Waals surface area contributed by atoms with E-state index in [0.29, 0.717) is 0 Å². The lowest BCUT2D eigenvalue weighted by atomic mass is 10.1. The number of anilines is 1. The number of thioether (sulfide) groups is 2. The van der Waals surface area contributed by atoms with E-state index in [0.717, 1.165) is 47.6 Å². The fourth-order valence-corrected chi connectivity index (χ4v) is 5.54. The minimum atomic E-state index is -0.0466. The van der Waals surface area contributed by atoms with Gasteiger partial charge in [0.15, 0.2) is 5.16 Å². The number of amides is 1. The van der Waals surface area contributed by atoms with Crippen LogP contribution in [0.15, 0.2) is 47.6 Å². The first kappa shape index (κ1) is 22.9. The van der Waals surface area contributed by atoms with Crippen LogP contribution in [0.3, 0.4) is 0 Å². The fourth-order valence-electron chi connectivity index (χ4n) is 3.77. The minimum absolute atomic E-state index is 0.0466. The molecular weight excluding hydrogens is 438 g/mol. The highest BCUT2D eigenvalue weighted by atomic mass is 32.2. The van der Waals surface area contributed by atoms with Crippen molar-refractivity contribution in [2.24, 2.45) is 0 Å². The molecule has 0 unspecified atom stereocenters. The Morgan fingerprint density at radius 2 is 1.91 bits per heavy atom. The van der Waals surface area contributed by atoms with Gasteiger partial charge in [-0.15, -0.1) is 10.2 Å². The molecule has 4 rings (SSSR count). The lowest BCUT2D eigenvalue weighted by Gasteiger charge is -2.26. The zero-order chi connectivity index (χ0) is 22.5. The highest BCUT2D eigenvalue weighted by Crippen LogP contribution is 2.25. The van der Waals surface area contributed by atoms with E-state index in [4.69, 9.17) is 0 Å². The van der Waals surface area contributed by atoms with Gasteiger partial charge in [0, 0.05) is 36.8 Å². The van der Waals surface area contributed by atoms with E-state index in [1.54, 1.807) is 0 Å². The lowest BCUT2D eigenvalue weighted by Crippen LogP contribution is -2.31. The van der Waals surface area contributed by atoms with Crippen molar-refractivity contribution in [2.75, 3.05) is 35.7 Å². The summed E-state index contributed by atoms with van der Waals surface area (Å²) in [6, 6.07) is 14.5. The van der Waals surface area contributed by atoms with Crippen LogP contribution in [0.1, 0.15) is 22.5 Å². The minimum Gasteiger partial charge on any atom is -0.325 e. The van der Waals surface area contributed by atoms with Crippen LogP contribution in [0.4, 0.5) is 5.69 Å². The summed E-state index contributed by atoms with van der Waals surface area (Å²) in [4.78, 5) is 15.1. The molecule has 0 aliphatic carbocycles. The molecule has 8 heteroatoms. The number of aromatic nitrogens is 3. The van der Waals surface area contributed by atoms with Crippen molar-refractivity contribution in [3.8, 4) is 5.69 Å². The molecule has 3 aromatic rings. The molecule has 0 saturated carbocycles. The molecule has 0 radical (unpaired) electrons. The number of aryl methyl sites for hydroxylation is 3. The van der Waals surface area contributed by atoms with Gasteiger partial charge >= 0.3 is 0 Å². The zero-order valence-corrected chi connectivity index (χ0v) is 20.4. The van der Waals surface area contributed by atoms with Gasteiger partial charge in [-0.05, 0) is 55.7 Å². The Bertz CT molecular complexity index is 1090. The molecule has 1 aliphatic heterocycles. The largest absolute Gasteiger partial charge is 0.325 e. The van der Waals surface area contributed by atoms with Crippen molar-refractivity contribution in [1.82, 2.24) is 19.7 Å². The highest BCUT2D eigenvalue weighted by Gasteiger charge is 2.16. The van der Waals surface area contributed by atoms with Gasteiger partial charge in [-0.25, -0.2) is 0 Å². The Balaban J connectivity index is 1.39. The van der Waals surface area contributed by atoms with Gasteiger partial charge in [0.2, 0.25) is 5.91 Å². The smallest absolute Gasteiger partial charge is 0.234 e. The average Bonchev–Trinajstić information content (AvgIpc) is 3.15. The second-order valence-electron chi connectivity index (χ2n) is 8.08. The average molecular weight is 468 g/mol. The van der Waals surface area contributed by atoms with E-state index in [1.807, 2.05) is 35.4 Å². The maximum Gasteiger partial charge on any atom is 0.234 e. The molecule has 1 aliphatic rings. The summed E-state index contributed by atoms with van der Waals surface area (Å²) in [5.74, 6) is 3.43. The Kier molecular flexibility index (Phi) is 7.55. The SMILES string of the molecule is Cc1ccc(C)c(-n2c(C)nnc2SCC(=O)Nc2cccc(CN3CCSCC3)c2)c1. The maximum absolute atomic E-state index is 12.7. The molecule has 2 heterocycles. The molecule has 0 atom stereocenters.